The first-order valence-electron chi connectivity index (χ1n) is 5.76. The minimum absolute atomic E-state index is 0.293. The summed E-state index contributed by atoms with van der Waals surface area (Å²) in [4.78, 5) is 2.04. The highest BCUT2D eigenvalue weighted by atomic mass is 19.1. The number of rotatable bonds is 7. The molecule has 0 aliphatic heterocycles. The van der Waals surface area contributed by atoms with Crippen molar-refractivity contribution in [3.8, 4) is 5.75 Å². The summed E-state index contributed by atoms with van der Waals surface area (Å²) in [5.74, 6) is 0.0280. The highest BCUT2D eigenvalue weighted by Gasteiger charge is 2.05. The standard InChI is InChI=1S/C13H20FNO2/c1-4-17-13-6-5-11(9-12(13)14)7-8-15(2)10-16-3/h5-6,9H,4,7-8,10H2,1-3H3. The zero-order valence-electron chi connectivity index (χ0n) is 10.7. The summed E-state index contributed by atoms with van der Waals surface area (Å²) in [5.41, 5.74) is 0.967. The quantitative estimate of drug-likeness (QED) is 0.684. The number of benzene rings is 1. The second-order valence-corrected chi connectivity index (χ2v) is 3.95. The van der Waals surface area contributed by atoms with Crippen LogP contribution in [0.4, 0.5) is 4.39 Å². The van der Waals surface area contributed by atoms with Gasteiger partial charge in [-0.2, -0.15) is 0 Å². The van der Waals surface area contributed by atoms with Crippen LogP contribution in [-0.2, 0) is 11.2 Å². The molecule has 0 amide bonds. The average molecular weight is 241 g/mol. The predicted molar refractivity (Wildman–Crippen MR) is 65.8 cm³/mol. The van der Waals surface area contributed by atoms with E-state index in [4.69, 9.17) is 9.47 Å². The zero-order valence-corrected chi connectivity index (χ0v) is 10.7. The van der Waals surface area contributed by atoms with Crippen molar-refractivity contribution >= 4 is 0 Å². The predicted octanol–water partition coefficient (Wildman–Crippen LogP) is 2.30. The number of likely N-dealkylation sites (N-methyl/N-ethyl adjacent to an activating group) is 1. The first kappa shape index (κ1) is 13.9. The number of hydrogen-bond donors (Lipinski definition) is 0. The fourth-order valence-electron chi connectivity index (χ4n) is 1.58. The Hall–Kier alpha value is -1.13. The van der Waals surface area contributed by atoms with Crippen LogP contribution in [0.15, 0.2) is 18.2 Å². The number of methoxy groups -OCH3 is 1. The van der Waals surface area contributed by atoms with Crippen molar-refractivity contribution in [3.05, 3.63) is 29.6 Å². The average Bonchev–Trinajstić information content (AvgIpc) is 2.30. The van der Waals surface area contributed by atoms with Crippen molar-refractivity contribution in [2.75, 3.05) is 34.0 Å². The van der Waals surface area contributed by atoms with Crippen LogP contribution < -0.4 is 4.74 Å². The van der Waals surface area contributed by atoms with E-state index in [1.165, 1.54) is 6.07 Å². The van der Waals surface area contributed by atoms with E-state index in [0.29, 0.717) is 19.1 Å². The normalized spacial score (nSPS) is 10.9. The van der Waals surface area contributed by atoms with Gasteiger partial charge in [0.25, 0.3) is 0 Å². The van der Waals surface area contributed by atoms with Crippen LogP contribution in [0.25, 0.3) is 0 Å². The van der Waals surface area contributed by atoms with Gasteiger partial charge in [0.1, 0.15) is 0 Å². The van der Waals surface area contributed by atoms with Gasteiger partial charge in [0.2, 0.25) is 0 Å². The third-order valence-electron chi connectivity index (χ3n) is 2.43. The molecule has 4 heteroatoms. The van der Waals surface area contributed by atoms with Gasteiger partial charge in [0.05, 0.1) is 13.3 Å². The summed E-state index contributed by atoms with van der Waals surface area (Å²) in [5, 5.41) is 0. The Morgan fingerprint density at radius 1 is 1.35 bits per heavy atom. The van der Waals surface area contributed by atoms with Gasteiger partial charge in [-0.1, -0.05) is 6.07 Å². The summed E-state index contributed by atoms with van der Waals surface area (Å²) in [7, 11) is 3.63. The Bertz CT molecular complexity index is 344. The van der Waals surface area contributed by atoms with Gasteiger partial charge >= 0.3 is 0 Å². The molecular formula is C13H20FNO2. The van der Waals surface area contributed by atoms with Crippen molar-refractivity contribution in [2.45, 2.75) is 13.3 Å². The lowest BCUT2D eigenvalue weighted by Gasteiger charge is -2.15. The molecule has 1 aromatic carbocycles. The molecule has 1 rings (SSSR count). The van der Waals surface area contributed by atoms with E-state index < -0.39 is 0 Å². The molecular weight excluding hydrogens is 221 g/mol. The molecule has 0 aliphatic rings. The molecule has 17 heavy (non-hydrogen) atoms. The maximum absolute atomic E-state index is 13.5. The Morgan fingerprint density at radius 3 is 2.71 bits per heavy atom. The monoisotopic (exact) mass is 241 g/mol. The minimum atomic E-state index is -0.293. The van der Waals surface area contributed by atoms with E-state index in [1.54, 1.807) is 13.2 Å². The van der Waals surface area contributed by atoms with Gasteiger partial charge in [0.15, 0.2) is 11.6 Å². The molecule has 1 aromatic rings. The van der Waals surface area contributed by atoms with Crippen LogP contribution in [-0.4, -0.2) is 38.9 Å². The van der Waals surface area contributed by atoms with Crippen LogP contribution in [0.2, 0.25) is 0 Å². The van der Waals surface area contributed by atoms with Gasteiger partial charge in [-0.05, 0) is 38.1 Å². The molecule has 0 radical (unpaired) electrons. The number of ether oxygens (including phenoxy) is 2. The molecule has 0 fully saturated rings. The Morgan fingerprint density at radius 2 is 2.12 bits per heavy atom. The number of nitrogens with zero attached hydrogens (tertiary/aromatic N) is 1. The summed E-state index contributed by atoms with van der Waals surface area (Å²) in [6.45, 7) is 3.74. The summed E-state index contributed by atoms with van der Waals surface area (Å²) in [6, 6.07) is 5.12. The van der Waals surface area contributed by atoms with Crippen molar-refractivity contribution < 1.29 is 13.9 Å². The SMILES string of the molecule is CCOc1ccc(CCN(C)COC)cc1F. The number of hydrogen-bond acceptors (Lipinski definition) is 3. The lowest BCUT2D eigenvalue weighted by atomic mass is 10.1. The molecule has 0 spiro atoms. The fourth-order valence-corrected chi connectivity index (χ4v) is 1.58. The molecule has 0 bridgehead atoms. The lowest BCUT2D eigenvalue weighted by Crippen LogP contribution is -2.23. The molecule has 0 aliphatic carbocycles. The first-order valence-corrected chi connectivity index (χ1v) is 5.76. The molecule has 0 heterocycles. The molecule has 0 atom stereocenters. The Kier molecular flexibility index (Phi) is 5.94. The third kappa shape index (κ3) is 4.71. The van der Waals surface area contributed by atoms with Gasteiger partial charge in [-0.25, -0.2) is 4.39 Å². The van der Waals surface area contributed by atoms with Crippen LogP contribution in [0.5, 0.6) is 5.75 Å². The van der Waals surface area contributed by atoms with E-state index in [1.807, 2.05) is 24.9 Å². The van der Waals surface area contributed by atoms with E-state index in [0.717, 1.165) is 18.5 Å². The molecule has 96 valence electrons. The molecule has 0 unspecified atom stereocenters. The van der Waals surface area contributed by atoms with Crippen LogP contribution in [0.1, 0.15) is 12.5 Å². The smallest absolute Gasteiger partial charge is 0.165 e. The molecule has 0 aromatic heterocycles. The lowest BCUT2D eigenvalue weighted by molar-refractivity contribution is 0.0827. The van der Waals surface area contributed by atoms with Crippen molar-refractivity contribution in [1.29, 1.82) is 0 Å². The number of halogens is 1. The Labute approximate surface area is 102 Å². The van der Waals surface area contributed by atoms with Crippen molar-refractivity contribution in [3.63, 3.8) is 0 Å². The second-order valence-electron chi connectivity index (χ2n) is 3.95. The highest BCUT2D eigenvalue weighted by Crippen LogP contribution is 2.18. The summed E-state index contributed by atoms with van der Waals surface area (Å²) in [6.07, 6.45) is 0.795. The molecule has 0 saturated carbocycles. The fraction of sp³-hybridized carbons (Fsp3) is 0.538. The van der Waals surface area contributed by atoms with Crippen LogP contribution >= 0.6 is 0 Å². The third-order valence-corrected chi connectivity index (χ3v) is 2.43. The second kappa shape index (κ2) is 7.25. The maximum Gasteiger partial charge on any atom is 0.165 e. The maximum atomic E-state index is 13.5. The van der Waals surface area contributed by atoms with Gasteiger partial charge in [-0.3, -0.25) is 4.90 Å². The van der Waals surface area contributed by atoms with Crippen molar-refractivity contribution in [2.24, 2.45) is 0 Å². The largest absolute Gasteiger partial charge is 0.491 e. The van der Waals surface area contributed by atoms with Crippen LogP contribution in [0, 0.1) is 5.82 Å². The highest BCUT2D eigenvalue weighted by molar-refractivity contribution is 5.29. The van der Waals surface area contributed by atoms with Crippen LogP contribution in [0.3, 0.4) is 0 Å². The van der Waals surface area contributed by atoms with Gasteiger partial charge in [-0.15, -0.1) is 0 Å². The molecule has 3 nitrogen and oxygen atoms in total. The van der Waals surface area contributed by atoms with E-state index in [-0.39, 0.29) is 5.82 Å². The summed E-state index contributed by atoms with van der Waals surface area (Å²) >= 11 is 0. The van der Waals surface area contributed by atoms with Crippen molar-refractivity contribution in [1.82, 2.24) is 4.90 Å². The van der Waals surface area contributed by atoms with E-state index >= 15 is 0 Å². The molecule has 0 saturated heterocycles. The first-order chi connectivity index (χ1) is 8.17. The molecule has 0 N–H and O–H groups in total. The summed E-state index contributed by atoms with van der Waals surface area (Å²) < 4.78 is 23.7. The van der Waals surface area contributed by atoms with Gasteiger partial charge in [0, 0.05) is 13.7 Å². The van der Waals surface area contributed by atoms with E-state index in [2.05, 4.69) is 0 Å². The Balaban J connectivity index is 2.52. The van der Waals surface area contributed by atoms with Gasteiger partial charge < -0.3 is 9.47 Å². The topological polar surface area (TPSA) is 21.7 Å². The zero-order chi connectivity index (χ0) is 12.7. The minimum Gasteiger partial charge on any atom is -0.491 e. The van der Waals surface area contributed by atoms with E-state index in [9.17, 15) is 4.39 Å².